The summed E-state index contributed by atoms with van der Waals surface area (Å²) in [7, 11) is 3.95. The van der Waals surface area contributed by atoms with Crippen LogP contribution in [0.1, 0.15) is 15.9 Å². The molecule has 0 saturated carbocycles. The highest BCUT2D eigenvalue weighted by Crippen LogP contribution is 2.29. The molecular weight excluding hydrogens is 332 g/mol. The Balaban J connectivity index is 1.95. The molecule has 0 fully saturated rings. The average molecular weight is 350 g/mol. The van der Waals surface area contributed by atoms with E-state index in [0.717, 1.165) is 16.8 Å². The number of thiazole rings is 1. The Bertz CT molecular complexity index is 891. The van der Waals surface area contributed by atoms with Gasteiger partial charge in [0.05, 0.1) is 21.8 Å². The summed E-state index contributed by atoms with van der Waals surface area (Å²) in [5.41, 5.74) is 1.98. The number of nitrogens with zero attached hydrogens (tertiary/aromatic N) is 4. The van der Waals surface area contributed by atoms with Crippen molar-refractivity contribution in [1.82, 2.24) is 9.88 Å². The number of amides is 1. The normalized spacial score (nSPS) is 10.8. The van der Waals surface area contributed by atoms with Gasteiger partial charge in [-0.1, -0.05) is 23.5 Å². The Morgan fingerprint density at radius 1 is 1.12 bits per heavy atom. The zero-order valence-electron chi connectivity index (χ0n) is 14.1. The molecule has 25 heavy (non-hydrogen) atoms. The molecule has 3 rings (SSSR count). The van der Waals surface area contributed by atoms with Crippen molar-refractivity contribution in [2.24, 2.45) is 0 Å². The maximum Gasteiger partial charge on any atom is 0.260 e. The fourth-order valence-electron chi connectivity index (χ4n) is 2.40. The first-order valence-electron chi connectivity index (χ1n) is 7.91. The first kappa shape index (κ1) is 17.1. The Morgan fingerprint density at radius 3 is 2.48 bits per heavy atom. The van der Waals surface area contributed by atoms with Crippen molar-refractivity contribution in [2.75, 3.05) is 32.1 Å². The first-order chi connectivity index (χ1) is 12.1. The van der Waals surface area contributed by atoms with Crippen LogP contribution < -0.4 is 4.90 Å². The third-order valence-corrected chi connectivity index (χ3v) is 4.85. The minimum atomic E-state index is -0.106. The highest BCUT2D eigenvalue weighted by Gasteiger charge is 2.21. The molecular formula is C19H18N4OS. The van der Waals surface area contributed by atoms with Crippen molar-refractivity contribution >= 4 is 32.6 Å². The van der Waals surface area contributed by atoms with Gasteiger partial charge in [0.2, 0.25) is 0 Å². The molecule has 0 unspecified atom stereocenters. The molecule has 126 valence electrons. The molecule has 0 saturated heterocycles. The molecule has 2 aromatic carbocycles. The lowest BCUT2D eigenvalue weighted by Crippen LogP contribution is -2.36. The quantitative estimate of drug-likeness (QED) is 0.708. The molecule has 3 aromatic rings. The van der Waals surface area contributed by atoms with Crippen LogP contribution in [0.4, 0.5) is 5.13 Å². The van der Waals surface area contributed by atoms with E-state index in [1.165, 1.54) is 11.3 Å². The first-order valence-corrected chi connectivity index (χ1v) is 8.72. The minimum Gasteiger partial charge on any atom is -0.308 e. The van der Waals surface area contributed by atoms with Crippen LogP contribution in [0.15, 0.2) is 48.5 Å². The van der Waals surface area contributed by atoms with Crippen LogP contribution >= 0.6 is 11.3 Å². The number of carbonyl (C=O) groups excluding carboxylic acids is 1. The zero-order valence-corrected chi connectivity index (χ0v) is 15.0. The van der Waals surface area contributed by atoms with Gasteiger partial charge in [-0.25, -0.2) is 4.98 Å². The second-order valence-corrected chi connectivity index (χ2v) is 6.92. The van der Waals surface area contributed by atoms with Crippen LogP contribution in [0.3, 0.4) is 0 Å². The second kappa shape index (κ2) is 7.43. The number of benzene rings is 2. The Labute approximate surface area is 150 Å². The summed E-state index contributed by atoms with van der Waals surface area (Å²) in [6.45, 7) is 1.28. The molecule has 0 spiro atoms. The average Bonchev–Trinajstić information content (AvgIpc) is 3.05. The standard InChI is InChI=1S/C19H18N4OS/c1-22(2)11-12-23(18(24)15-9-7-14(13-20)8-10-15)19-21-16-5-3-4-6-17(16)25-19/h3-10H,11-12H2,1-2H3. The van der Waals surface area contributed by atoms with E-state index in [-0.39, 0.29) is 5.91 Å². The van der Waals surface area contributed by atoms with E-state index in [9.17, 15) is 4.79 Å². The number of hydrogen-bond donors (Lipinski definition) is 0. The van der Waals surface area contributed by atoms with E-state index in [4.69, 9.17) is 5.26 Å². The van der Waals surface area contributed by atoms with E-state index in [2.05, 4.69) is 11.1 Å². The SMILES string of the molecule is CN(C)CCN(C(=O)c1ccc(C#N)cc1)c1nc2ccccc2s1. The number of para-hydroxylation sites is 1. The largest absolute Gasteiger partial charge is 0.308 e. The third kappa shape index (κ3) is 3.85. The van der Waals surface area contributed by atoms with Gasteiger partial charge in [0.25, 0.3) is 5.91 Å². The van der Waals surface area contributed by atoms with Crippen molar-refractivity contribution in [3.8, 4) is 6.07 Å². The highest BCUT2D eigenvalue weighted by atomic mass is 32.1. The fourth-order valence-corrected chi connectivity index (χ4v) is 3.39. The van der Waals surface area contributed by atoms with Crippen molar-refractivity contribution in [2.45, 2.75) is 0 Å². The zero-order chi connectivity index (χ0) is 17.8. The van der Waals surface area contributed by atoms with Crippen molar-refractivity contribution in [3.05, 3.63) is 59.7 Å². The van der Waals surface area contributed by atoms with Gasteiger partial charge in [-0.15, -0.1) is 0 Å². The molecule has 6 heteroatoms. The van der Waals surface area contributed by atoms with Gasteiger partial charge in [-0.3, -0.25) is 9.69 Å². The van der Waals surface area contributed by atoms with Crippen LogP contribution in [-0.4, -0.2) is 43.0 Å². The molecule has 5 nitrogen and oxygen atoms in total. The van der Waals surface area contributed by atoms with Gasteiger partial charge >= 0.3 is 0 Å². The van der Waals surface area contributed by atoms with E-state index in [1.807, 2.05) is 43.3 Å². The number of anilines is 1. The molecule has 0 radical (unpaired) electrons. The number of rotatable bonds is 5. The fraction of sp³-hybridized carbons (Fsp3) is 0.211. The maximum atomic E-state index is 13.0. The van der Waals surface area contributed by atoms with Crippen LogP contribution in [0.2, 0.25) is 0 Å². The minimum absolute atomic E-state index is 0.106. The molecule has 0 bridgehead atoms. The van der Waals surface area contributed by atoms with E-state index >= 15 is 0 Å². The molecule has 0 atom stereocenters. The molecule has 0 aliphatic carbocycles. The van der Waals surface area contributed by atoms with Crippen molar-refractivity contribution in [3.63, 3.8) is 0 Å². The molecule has 1 aromatic heterocycles. The lowest BCUT2D eigenvalue weighted by molar-refractivity contribution is 0.0985. The molecule has 1 heterocycles. The van der Waals surface area contributed by atoms with Crippen LogP contribution in [0.5, 0.6) is 0 Å². The number of fused-ring (bicyclic) bond motifs is 1. The van der Waals surface area contributed by atoms with E-state index in [0.29, 0.717) is 22.8 Å². The smallest absolute Gasteiger partial charge is 0.260 e. The highest BCUT2D eigenvalue weighted by molar-refractivity contribution is 7.22. The van der Waals surface area contributed by atoms with Crippen LogP contribution in [-0.2, 0) is 0 Å². The summed E-state index contributed by atoms with van der Waals surface area (Å²) in [5.74, 6) is -0.106. The predicted molar refractivity (Wildman–Crippen MR) is 101 cm³/mol. The lowest BCUT2D eigenvalue weighted by atomic mass is 10.1. The Kier molecular flexibility index (Phi) is 5.08. The van der Waals surface area contributed by atoms with Gasteiger partial charge in [0.1, 0.15) is 0 Å². The number of carbonyl (C=O) groups is 1. The van der Waals surface area contributed by atoms with Gasteiger partial charge < -0.3 is 4.90 Å². The van der Waals surface area contributed by atoms with Crippen LogP contribution in [0, 0.1) is 11.3 Å². The summed E-state index contributed by atoms with van der Waals surface area (Å²) in [4.78, 5) is 21.4. The summed E-state index contributed by atoms with van der Waals surface area (Å²) in [6, 6.07) is 16.6. The lowest BCUT2D eigenvalue weighted by Gasteiger charge is -2.22. The van der Waals surface area contributed by atoms with E-state index < -0.39 is 0 Å². The van der Waals surface area contributed by atoms with E-state index in [1.54, 1.807) is 29.2 Å². The second-order valence-electron chi connectivity index (χ2n) is 5.91. The number of likely N-dealkylation sites (N-methyl/N-ethyl adjacent to an activating group) is 1. The number of aromatic nitrogens is 1. The van der Waals surface area contributed by atoms with Gasteiger partial charge in [-0.2, -0.15) is 5.26 Å². The number of hydrogen-bond acceptors (Lipinski definition) is 5. The van der Waals surface area contributed by atoms with Gasteiger partial charge in [0, 0.05) is 18.7 Å². The monoisotopic (exact) mass is 350 g/mol. The van der Waals surface area contributed by atoms with Gasteiger partial charge in [0.15, 0.2) is 5.13 Å². The molecule has 0 N–H and O–H groups in total. The summed E-state index contributed by atoms with van der Waals surface area (Å²) in [6.07, 6.45) is 0. The molecule has 0 aliphatic rings. The molecule has 1 amide bonds. The third-order valence-electron chi connectivity index (χ3n) is 3.79. The maximum absolute atomic E-state index is 13.0. The van der Waals surface area contributed by atoms with Gasteiger partial charge in [-0.05, 0) is 50.5 Å². The summed E-state index contributed by atoms with van der Waals surface area (Å²) < 4.78 is 1.06. The molecule has 0 aliphatic heterocycles. The topological polar surface area (TPSA) is 60.2 Å². The predicted octanol–water partition coefficient (Wildman–Crippen LogP) is 3.38. The van der Waals surface area contributed by atoms with Crippen molar-refractivity contribution in [1.29, 1.82) is 5.26 Å². The number of nitriles is 1. The van der Waals surface area contributed by atoms with Crippen molar-refractivity contribution < 1.29 is 4.79 Å². The van der Waals surface area contributed by atoms with Crippen LogP contribution in [0.25, 0.3) is 10.2 Å². The Hall–Kier alpha value is -2.75. The summed E-state index contributed by atoms with van der Waals surface area (Å²) >= 11 is 1.51. The summed E-state index contributed by atoms with van der Waals surface area (Å²) in [5, 5.41) is 9.61. The Morgan fingerprint density at radius 2 is 1.84 bits per heavy atom.